The highest BCUT2D eigenvalue weighted by molar-refractivity contribution is 5.87. The average molecular weight is 338 g/mol. The molecule has 2 atom stereocenters. The highest BCUT2D eigenvalue weighted by atomic mass is 16.5. The third kappa shape index (κ3) is 4.59. The van der Waals surface area contributed by atoms with E-state index in [1.807, 2.05) is 54.6 Å². The van der Waals surface area contributed by atoms with E-state index in [9.17, 15) is 9.59 Å². The topological polar surface area (TPSA) is 67.4 Å². The van der Waals surface area contributed by atoms with Gasteiger partial charge in [-0.2, -0.15) is 0 Å². The number of ether oxygens (including phenoxy) is 1. The number of carbonyl (C=O) groups excluding carboxylic acids is 2. The van der Waals surface area contributed by atoms with E-state index in [-0.39, 0.29) is 30.2 Å². The Hall–Kier alpha value is -2.82. The Kier molecular flexibility index (Phi) is 5.33. The van der Waals surface area contributed by atoms with Crippen molar-refractivity contribution in [3.05, 3.63) is 65.7 Å². The Balaban J connectivity index is 1.40. The summed E-state index contributed by atoms with van der Waals surface area (Å²) >= 11 is 0. The molecule has 1 aliphatic rings. The van der Waals surface area contributed by atoms with Crippen molar-refractivity contribution in [2.24, 2.45) is 5.92 Å². The molecule has 1 saturated carbocycles. The quantitative estimate of drug-likeness (QED) is 0.813. The van der Waals surface area contributed by atoms with Crippen LogP contribution < -0.4 is 15.4 Å². The molecule has 5 heteroatoms. The van der Waals surface area contributed by atoms with E-state index >= 15 is 0 Å². The van der Waals surface area contributed by atoms with Gasteiger partial charge in [0, 0.05) is 12.5 Å². The minimum absolute atomic E-state index is 0.0114. The van der Waals surface area contributed by atoms with Crippen molar-refractivity contribution in [1.29, 1.82) is 0 Å². The smallest absolute Gasteiger partial charge is 0.239 e. The molecule has 2 amide bonds. The van der Waals surface area contributed by atoms with Gasteiger partial charge < -0.3 is 15.4 Å². The maximum absolute atomic E-state index is 12.2. The minimum atomic E-state index is -0.182. The van der Waals surface area contributed by atoms with Gasteiger partial charge in [-0.25, -0.2) is 0 Å². The lowest BCUT2D eigenvalue weighted by Crippen LogP contribution is -2.37. The predicted octanol–water partition coefficient (Wildman–Crippen LogP) is 2.23. The summed E-state index contributed by atoms with van der Waals surface area (Å²) in [6, 6.07) is 17.5. The Bertz CT molecular complexity index is 728. The Labute approximate surface area is 147 Å². The van der Waals surface area contributed by atoms with Gasteiger partial charge in [0.2, 0.25) is 11.8 Å². The zero-order valence-corrected chi connectivity index (χ0v) is 14.2. The lowest BCUT2D eigenvalue weighted by molar-refractivity contribution is -0.126. The summed E-state index contributed by atoms with van der Waals surface area (Å²) in [5.74, 6) is 0.753. The largest absolute Gasteiger partial charge is 0.497 e. The molecule has 1 aliphatic carbocycles. The highest BCUT2D eigenvalue weighted by Gasteiger charge is 2.43. The molecule has 2 aromatic rings. The molecule has 0 unspecified atom stereocenters. The maximum Gasteiger partial charge on any atom is 0.239 e. The van der Waals surface area contributed by atoms with Crippen LogP contribution in [0.25, 0.3) is 0 Å². The van der Waals surface area contributed by atoms with Crippen molar-refractivity contribution in [1.82, 2.24) is 10.6 Å². The number of hydrogen-bond donors (Lipinski definition) is 2. The maximum atomic E-state index is 12.2. The second kappa shape index (κ2) is 7.83. The fourth-order valence-corrected chi connectivity index (χ4v) is 2.86. The molecule has 0 aliphatic heterocycles. The molecular formula is C20H22N2O3. The van der Waals surface area contributed by atoms with E-state index < -0.39 is 0 Å². The van der Waals surface area contributed by atoms with Gasteiger partial charge in [-0.05, 0) is 35.6 Å². The van der Waals surface area contributed by atoms with Crippen LogP contribution in [0.1, 0.15) is 23.5 Å². The van der Waals surface area contributed by atoms with Crippen molar-refractivity contribution >= 4 is 11.8 Å². The summed E-state index contributed by atoms with van der Waals surface area (Å²) in [6.45, 7) is 0.477. The number of amides is 2. The van der Waals surface area contributed by atoms with Crippen LogP contribution in [0.3, 0.4) is 0 Å². The molecule has 25 heavy (non-hydrogen) atoms. The van der Waals surface area contributed by atoms with Gasteiger partial charge in [-0.15, -0.1) is 0 Å². The molecule has 3 rings (SSSR count). The van der Waals surface area contributed by atoms with Crippen LogP contribution in [0.4, 0.5) is 0 Å². The first-order chi connectivity index (χ1) is 12.2. The average Bonchev–Trinajstić information content (AvgIpc) is 3.46. The van der Waals surface area contributed by atoms with Crippen LogP contribution in [0.5, 0.6) is 5.75 Å². The first kappa shape index (κ1) is 17.0. The molecule has 0 spiro atoms. The number of benzene rings is 2. The van der Waals surface area contributed by atoms with Crippen LogP contribution in [-0.2, 0) is 16.1 Å². The summed E-state index contributed by atoms with van der Waals surface area (Å²) in [5.41, 5.74) is 2.17. The molecule has 0 saturated heterocycles. The van der Waals surface area contributed by atoms with Crippen molar-refractivity contribution in [2.45, 2.75) is 18.9 Å². The molecular weight excluding hydrogens is 316 g/mol. The van der Waals surface area contributed by atoms with Gasteiger partial charge in [0.15, 0.2) is 0 Å². The fraction of sp³-hybridized carbons (Fsp3) is 0.300. The van der Waals surface area contributed by atoms with Gasteiger partial charge in [0.05, 0.1) is 13.7 Å². The van der Waals surface area contributed by atoms with E-state index in [0.29, 0.717) is 6.54 Å². The highest BCUT2D eigenvalue weighted by Crippen LogP contribution is 2.47. The molecule has 0 bridgehead atoms. The zero-order chi connectivity index (χ0) is 17.6. The molecule has 130 valence electrons. The molecule has 2 N–H and O–H groups in total. The SMILES string of the molecule is COc1ccc([C@H]2C[C@H]2C(=O)NCC(=O)NCc2ccccc2)cc1. The normalized spacial score (nSPS) is 18.3. The Morgan fingerprint density at radius 1 is 1.04 bits per heavy atom. The van der Waals surface area contributed by atoms with Crippen LogP contribution in [0, 0.1) is 5.92 Å². The van der Waals surface area contributed by atoms with Crippen molar-refractivity contribution < 1.29 is 14.3 Å². The van der Waals surface area contributed by atoms with E-state index in [2.05, 4.69) is 10.6 Å². The molecule has 0 heterocycles. The van der Waals surface area contributed by atoms with E-state index in [4.69, 9.17) is 4.74 Å². The van der Waals surface area contributed by atoms with Gasteiger partial charge in [-0.3, -0.25) is 9.59 Å². The van der Waals surface area contributed by atoms with Crippen LogP contribution in [-0.4, -0.2) is 25.5 Å². The van der Waals surface area contributed by atoms with Crippen molar-refractivity contribution in [3.63, 3.8) is 0 Å². The number of rotatable bonds is 7. The number of hydrogen-bond acceptors (Lipinski definition) is 3. The minimum Gasteiger partial charge on any atom is -0.497 e. The summed E-state index contributed by atoms with van der Waals surface area (Å²) in [6.07, 6.45) is 0.823. The molecule has 2 aromatic carbocycles. The number of nitrogens with one attached hydrogen (secondary N) is 2. The van der Waals surface area contributed by atoms with E-state index in [0.717, 1.165) is 23.3 Å². The fourth-order valence-electron chi connectivity index (χ4n) is 2.86. The summed E-state index contributed by atoms with van der Waals surface area (Å²) in [7, 11) is 1.63. The lowest BCUT2D eigenvalue weighted by Gasteiger charge is -2.07. The summed E-state index contributed by atoms with van der Waals surface area (Å²) in [5, 5.41) is 5.53. The lowest BCUT2D eigenvalue weighted by atomic mass is 10.1. The third-order valence-corrected chi connectivity index (χ3v) is 4.43. The molecule has 0 radical (unpaired) electrons. The zero-order valence-electron chi connectivity index (χ0n) is 14.2. The first-order valence-corrected chi connectivity index (χ1v) is 8.39. The number of carbonyl (C=O) groups is 2. The molecule has 0 aromatic heterocycles. The van der Waals surface area contributed by atoms with Crippen LogP contribution >= 0.6 is 0 Å². The second-order valence-corrected chi connectivity index (χ2v) is 6.20. The van der Waals surface area contributed by atoms with Gasteiger partial charge in [-0.1, -0.05) is 42.5 Å². The first-order valence-electron chi connectivity index (χ1n) is 8.39. The van der Waals surface area contributed by atoms with Crippen LogP contribution in [0.2, 0.25) is 0 Å². The summed E-state index contributed by atoms with van der Waals surface area (Å²) < 4.78 is 5.14. The van der Waals surface area contributed by atoms with Gasteiger partial charge in [0.1, 0.15) is 5.75 Å². The molecule has 5 nitrogen and oxygen atoms in total. The standard InChI is InChI=1S/C20H22N2O3/c1-25-16-9-7-15(8-10-16)17-11-18(17)20(24)22-13-19(23)21-12-14-5-3-2-4-6-14/h2-10,17-18H,11-13H2,1H3,(H,21,23)(H,22,24)/t17-,18-/m1/s1. The number of methoxy groups -OCH3 is 1. The second-order valence-electron chi connectivity index (χ2n) is 6.20. The van der Waals surface area contributed by atoms with Crippen LogP contribution in [0.15, 0.2) is 54.6 Å². The molecule has 1 fully saturated rings. The van der Waals surface area contributed by atoms with Gasteiger partial charge >= 0.3 is 0 Å². The Morgan fingerprint density at radius 3 is 2.44 bits per heavy atom. The monoisotopic (exact) mass is 338 g/mol. The summed E-state index contributed by atoms with van der Waals surface area (Å²) in [4.78, 5) is 24.0. The third-order valence-electron chi connectivity index (χ3n) is 4.43. The van der Waals surface area contributed by atoms with Gasteiger partial charge in [0.25, 0.3) is 0 Å². The van der Waals surface area contributed by atoms with E-state index in [1.165, 1.54) is 0 Å². The van der Waals surface area contributed by atoms with Crippen molar-refractivity contribution in [2.75, 3.05) is 13.7 Å². The van der Waals surface area contributed by atoms with Crippen molar-refractivity contribution in [3.8, 4) is 5.75 Å². The predicted molar refractivity (Wildman–Crippen MR) is 95.1 cm³/mol. The van der Waals surface area contributed by atoms with E-state index in [1.54, 1.807) is 7.11 Å². The Morgan fingerprint density at radius 2 is 1.76 bits per heavy atom.